The maximum absolute atomic E-state index is 10.9. The van der Waals surface area contributed by atoms with E-state index in [1.165, 1.54) is 6.26 Å². The monoisotopic (exact) mass is 222 g/mol. The van der Waals surface area contributed by atoms with Crippen molar-refractivity contribution in [3.8, 4) is 11.5 Å². The first kappa shape index (κ1) is 12.1. The van der Waals surface area contributed by atoms with E-state index in [4.69, 9.17) is 4.74 Å². The highest BCUT2D eigenvalue weighted by atomic mass is 16.5. The summed E-state index contributed by atoms with van der Waals surface area (Å²) in [4.78, 5) is 10.9. The Bertz CT molecular complexity index is 396. The smallest absolute Gasteiger partial charge is 0.333 e. The zero-order valence-corrected chi connectivity index (χ0v) is 9.27. The molecule has 0 amide bonds. The van der Waals surface area contributed by atoms with Crippen LogP contribution < -0.4 is 4.74 Å². The summed E-state index contributed by atoms with van der Waals surface area (Å²) in [7, 11) is 0. The third kappa shape index (κ3) is 3.31. The highest BCUT2D eigenvalue weighted by molar-refractivity contribution is 5.81. The number of benzene rings is 1. The number of carbonyl (C=O) groups excluding carboxylic acids is 1. The number of esters is 1. The number of rotatable bonds is 4. The molecule has 0 aliphatic rings. The van der Waals surface area contributed by atoms with Gasteiger partial charge >= 0.3 is 5.97 Å². The molecule has 0 radical (unpaired) electrons. The van der Waals surface area contributed by atoms with Crippen molar-refractivity contribution in [2.24, 2.45) is 0 Å². The number of phenolic OH excluding ortho intramolecular Hbond substituents is 1. The molecule has 0 aliphatic heterocycles. The topological polar surface area (TPSA) is 55.8 Å². The van der Waals surface area contributed by atoms with Crippen LogP contribution >= 0.6 is 0 Å². The number of hydrogen-bond acceptors (Lipinski definition) is 4. The van der Waals surface area contributed by atoms with Gasteiger partial charge in [0.15, 0.2) is 11.5 Å². The van der Waals surface area contributed by atoms with E-state index in [2.05, 4.69) is 4.74 Å². The molecule has 0 atom stereocenters. The average Bonchev–Trinajstić information content (AvgIpc) is 2.25. The maximum Gasteiger partial charge on any atom is 0.333 e. The van der Waals surface area contributed by atoms with Crippen LogP contribution in [0.4, 0.5) is 0 Å². The van der Waals surface area contributed by atoms with Gasteiger partial charge in [-0.15, -0.1) is 0 Å². The van der Waals surface area contributed by atoms with Gasteiger partial charge in [0.2, 0.25) is 0 Å². The van der Waals surface area contributed by atoms with Crippen LogP contribution in [0.2, 0.25) is 0 Å². The van der Waals surface area contributed by atoms with Gasteiger partial charge in [0.1, 0.15) is 0 Å². The first-order valence-electron chi connectivity index (χ1n) is 4.93. The van der Waals surface area contributed by atoms with Crippen molar-refractivity contribution < 1.29 is 19.4 Å². The summed E-state index contributed by atoms with van der Waals surface area (Å²) >= 11 is 0. The molecule has 0 unspecified atom stereocenters. The Balaban J connectivity index is 2.61. The first-order valence-corrected chi connectivity index (χ1v) is 4.93. The first-order chi connectivity index (χ1) is 7.65. The molecule has 0 saturated heterocycles. The fourth-order valence-electron chi connectivity index (χ4n) is 1.08. The molecule has 0 spiro atoms. The summed E-state index contributed by atoms with van der Waals surface area (Å²) in [6.45, 7) is 3.80. The SMILES string of the molecule is CCOC(=O)C=COc1cccc(C)c1O. The number of carbonyl (C=O) groups is 1. The molecule has 0 aromatic heterocycles. The van der Waals surface area contributed by atoms with Gasteiger partial charge in [0.05, 0.1) is 18.9 Å². The quantitative estimate of drug-likeness (QED) is 0.482. The Labute approximate surface area is 94.1 Å². The van der Waals surface area contributed by atoms with E-state index in [1.54, 1.807) is 32.0 Å². The van der Waals surface area contributed by atoms with E-state index in [1.807, 2.05) is 0 Å². The van der Waals surface area contributed by atoms with Crippen molar-refractivity contribution in [2.75, 3.05) is 6.61 Å². The van der Waals surface area contributed by atoms with Gasteiger partial charge in [-0.25, -0.2) is 4.79 Å². The number of phenols is 1. The third-order valence-corrected chi connectivity index (χ3v) is 1.89. The number of aryl methyl sites for hydroxylation is 1. The van der Waals surface area contributed by atoms with Crippen LogP contribution in [0.5, 0.6) is 11.5 Å². The lowest BCUT2D eigenvalue weighted by molar-refractivity contribution is -0.137. The molecule has 86 valence electrons. The lowest BCUT2D eigenvalue weighted by Crippen LogP contribution is -1.99. The van der Waals surface area contributed by atoms with Gasteiger partial charge in [-0.2, -0.15) is 0 Å². The van der Waals surface area contributed by atoms with Crippen molar-refractivity contribution in [2.45, 2.75) is 13.8 Å². The molecule has 1 rings (SSSR count). The minimum atomic E-state index is -0.477. The van der Waals surface area contributed by atoms with Crippen LogP contribution in [-0.4, -0.2) is 17.7 Å². The van der Waals surface area contributed by atoms with Crippen LogP contribution in [-0.2, 0) is 9.53 Å². The normalized spacial score (nSPS) is 10.4. The molecule has 4 heteroatoms. The van der Waals surface area contributed by atoms with Gasteiger partial charge in [-0.1, -0.05) is 12.1 Å². The molecular weight excluding hydrogens is 208 g/mol. The molecule has 16 heavy (non-hydrogen) atoms. The van der Waals surface area contributed by atoms with Gasteiger partial charge < -0.3 is 14.6 Å². The second kappa shape index (κ2) is 5.80. The van der Waals surface area contributed by atoms with E-state index < -0.39 is 5.97 Å². The highest BCUT2D eigenvalue weighted by Gasteiger charge is 2.03. The largest absolute Gasteiger partial charge is 0.504 e. The second-order valence-corrected chi connectivity index (χ2v) is 3.09. The molecule has 1 N–H and O–H groups in total. The summed E-state index contributed by atoms with van der Waals surface area (Å²) in [5.74, 6) is -0.105. The Hall–Kier alpha value is -1.97. The van der Waals surface area contributed by atoms with Crippen molar-refractivity contribution in [1.29, 1.82) is 0 Å². The molecule has 0 aliphatic carbocycles. The molecule has 0 saturated carbocycles. The Morgan fingerprint density at radius 2 is 2.25 bits per heavy atom. The summed E-state index contributed by atoms with van der Waals surface area (Å²) in [5.41, 5.74) is 0.710. The second-order valence-electron chi connectivity index (χ2n) is 3.09. The van der Waals surface area contributed by atoms with Crippen LogP contribution in [0.15, 0.2) is 30.5 Å². The highest BCUT2D eigenvalue weighted by Crippen LogP contribution is 2.28. The summed E-state index contributed by atoms with van der Waals surface area (Å²) < 4.78 is 9.77. The van der Waals surface area contributed by atoms with E-state index >= 15 is 0 Å². The Kier molecular flexibility index (Phi) is 4.39. The molecular formula is C12H14O4. The third-order valence-electron chi connectivity index (χ3n) is 1.89. The standard InChI is InChI=1S/C12H14O4/c1-3-15-11(13)7-8-16-10-6-4-5-9(2)12(10)14/h4-8,14H,3H2,1-2H3. The van der Waals surface area contributed by atoms with Crippen molar-refractivity contribution >= 4 is 5.97 Å². The lowest BCUT2D eigenvalue weighted by atomic mass is 10.2. The van der Waals surface area contributed by atoms with E-state index in [0.717, 1.165) is 6.08 Å². The summed E-state index contributed by atoms with van der Waals surface area (Å²) in [5, 5.41) is 9.59. The zero-order valence-electron chi connectivity index (χ0n) is 9.27. The lowest BCUT2D eigenvalue weighted by Gasteiger charge is -2.04. The van der Waals surface area contributed by atoms with Crippen LogP contribution in [0.25, 0.3) is 0 Å². The molecule has 0 fully saturated rings. The van der Waals surface area contributed by atoms with Gasteiger partial charge in [-0.05, 0) is 25.5 Å². The van der Waals surface area contributed by atoms with E-state index in [0.29, 0.717) is 17.9 Å². The zero-order chi connectivity index (χ0) is 12.0. The van der Waals surface area contributed by atoms with Gasteiger partial charge in [-0.3, -0.25) is 0 Å². The average molecular weight is 222 g/mol. The number of aromatic hydroxyl groups is 1. The van der Waals surface area contributed by atoms with Gasteiger partial charge in [0, 0.05) is 0 Å². The summed E-state index contributed by atoms with van der Waals surface area (Å²) in [6, 6.07) is 5.12. The minimum absolute atomic E-state index is 0.0657. The number of ether oxygens (including phenoxy) is 2. The number of para-hydroxylation sites is 1. The maximum atomic E-state index is 10.9. The van der Waals surface area contributed by atoms with Crippen molar-refractivity contribution in [3.05, 3.63) is 36.1 Å². The molecule has 0 bridgehead atoms. The van der Waals surface area contributed by atoms with Crippen LogP contribution in [0, 0.1) is 6.92 Å². The van der Waals surface area contributed by atoms with Gasteiger partial charge in [0.25, 0.3) is 0 Å². The van der Waals surface area contributed by atoms with Crippen LogP contribution in [0.3, 0.4) is 0 Å². The molecule has 0 heterocycles. The fourth-order valence-corrected chi connectivity index (χ4v) is 1.08. The van der Waals surface area contributed by atoms with Crippen molar-refractivity contribution in [3.63, 3.8) is 0 Å². The van der Waals surface area contributed by atoms with E-state index in [9.17, 15) is 9.90 Å². The predicted molar refractivity (Wildman–Crippen MR) is 59.2 cm³/mol. The van der Waals surface area contributed by atoms with E-state index in [-0.39, 0.29) is 5.75 Å². The Morgan fingerprint density at radius 1 is 1.50 bits per heavy atom. The minimum Gasteiger partial charge on any atom is -0.504 e. The number of hydrogen-bond donors (Lipinski definition) is 1. The summed E-state index contributed by atoms with van der Waals surface area (Å²) in [6.07, 6.45) is 2.34. The Morgan fingerprint density at radius 3 is 2.94 bits per heavy atom. The predicted octanol–water partition coefficient (Wildman–Crippen LogP) is 2.16. The molecule has 1 aromatic rings. The molecule has 4 nitrogen and oxygen atoms in total. The fraction of sp³-hybridized carbons (Fsp3) is 0.250. The van der Waals surface area contributed by atoms with Crippen LogP contribution in [0.1, 0.15) is 12.5 Å². The van der Waals surface area contributed by atoms with Crippen molar-refractivity contribution in [1.82, 2.24) is 0 Å². The molecule has 1 aromatic carbocycles.